The Labute approximate surface area is 117 Å². The number of aromatic nitrogens is 3. The summed E-state index contributed by atoms with van der Waals surface area (Å²) in [5, 5.41) is 4.88. The van der Waals surface area contributed by atoms with Crippen molar-refractivity contribution in [2.45, 2.75) is 27.2 Å². The van der Waals surface area contributed by atoms with Gasteiger partial charge in [0, 0.05) is 30.6 Å². The van der Waals surface area contributed by atoms with Crippen LogP contribution in [0.1, 0.15) is 25.1 Å². The molecule has 0 amide bonds. The number of nitrogens with zero attached hydrogens (tertiary/aromatic N) is 3. The summed E-state index contributed by atoms with van der Waals surface area (Å²) in [5.41, 5.74) is 1.68. The fourth-order valence-corrected chi connectivity index (χ4v) is 2.25. The lowest BCUT2D eigenvalue weighted by molar-refractivity contribution is 0.638. The highest BCUT2D eigenvalue weighted by molar-refractivity contribution is 6.30. The molecule has 5 heteroatoms. The molecule has 0 fully saturated rings. The van der Waals surface area contributed by atoms with Crippen molar-refractivity contribution < 1.29 is 0 Å². The SMILES string of the molecule is Cc1cc(-n2cc(Cl)cc(CC(C)C)c2=O)nn1C. The van der Waals surface area contributed by atoms with Gasteiger partial charge in [-0.05, 0) is 25.3 Å². The highest BCUT2D eigenvalue weighted by Gasteiger charge is 2.11. The number of hydrogen-bond donors (Lipinski definition) is 0. The Balaban J connectivity index is 2.57. The minimum absolute atomic E-state index is 0.0452. The van der Waals surface area contributed by atoms with Gasteiger partial charge in [0.1, 0.15) is 0 Å². The third kappa shape index (κ3) is 2.89. The Kier molecular flexibility index (Phi) is 3.80. The summed E-state index contributed by atoms with van der Waals surface area (Å²) < 4.78 is 3.26. The molecule has 0 unspecified atom stereocenters. The number of pyridine rings is 1. The fourth-order valence-electron chi connectivity index (χ4n) is 2.02. The maximum Gasteiger partial charge on any atom is 0.259 e. The van der Waals surface area contributed by atoms with Crippen LogP contribution in [0.4, 0.5) is 0 Å². The van der Waals surface area contributed by atoms with Crippen molar-refractivity contribution in [3.63, 3.8) is 0 Å². The molecule has 4 nitrogen and oxygen atoms in total. The highest BCUT2D eigenvalue weighted by Crippen LogP contribution is 2.14. The van der Waals surface area contributed by atoms with E-state index in [2.05, 4.69) is 18.9 Å². The van der Waals surface area contributed by atoms with Crippen LogP contribution in [0.3, 0.4) is 0 Å². The van der Waals surface area contributed by atoms with Crippen LogP contribution < -0.4 is 5.56 Å². The van der Waals surface area contributed by atoms with E-state index in [0.29, 0.717) is 23.2 Å². The van der Waals surface area contributed by atoms with E-state index in [1.165, 1.54) is 4.57 Å². The van der Waals surface area contributed by atoms with Gasteiger partial charge >= 0.3 is 0 Å². The van der Waals surface area contributed by atoms with E-state index in [0.717, 1.165) is 11.3 Å². The molecule has 102 valence electrons. The Morgan fingerprint density at radius 2 is 2.05 bits per heavy atom. The first kappa shape index (κ1) is 13.9. The number of halogens is 1. The van der Waals surface area contributed by atoms with Gasteiger partial charge in [-0.25, -0.2) is 0 Å². The first-order valence-corrected chi connectivity index (χ1v) is 6.68. The zero-order valence-electron chi connectivity index (χ0n) is 11.6. The quantitative estimate of drug-likeness (QED) is 0.867. The van der Waals surface area contributed by atoms with Gasteiger partial charge in [0.15, 0.2) is 5.82 Å². The molecule has 0 saturated carbocycles. The monoisotopic (exact) mass is 279 g/mol. The molecular formula is C14H18ClN3O. The highest BCUT2D eigenvalue weighted by atomic mass is 35.5. The predicted octanol–water partition coefficient (Wildman–Crippen LogP) is 2.73. The van der Waals surface area contributed by atoms with Crippen molar-refractivity contribution in [2.24, 2.45) is 13.0 Å². The van der Waals surface area contributed by atoms with Crippen molar-refractivity contribution in [1.82, 2.24) is 14.3 Å². The third-order valence-corrected chi connectivity index (χ3v) is 3.24. The van der Waals surface area contributed by atoms with E-state index < -0.39 is 0 Å². The minimum Gasteiger partial charge on any atom is -0.271 e. The summed E-state index contributed by atoms with van der Waals surface area (Å²) in [5.74, 6) is 1.02. The normalized spacial score (nSPS) is 11.3. The number of aryl methyl sites for hydroxylation is 2. The Morgan fingerprint density at radius 3 is 2.58 bits per heavy atom. The van der Waals surface area contributed by atoms with Gasteiger partial charge in [0.25, 0.3) is 5.56 Å². The summed E-state index contributed by atoms with van der Waals surface area (Å²) in [6.07, 6.45) is 2.33. The van der Waals surface area contributed by atoms with Crippen LogP contribution in [0.25, 0.3) is 5.82 Å². The fraction of sp³-hybridized carbons (Fsp3) is 0.429. The van der Waals surface area contributed by atoms with Gasteiger partial charge < -0.3 is 0 Å². The topological polar surface area (TPSA) is 39.8 Å². The van der Waals surface area contributed by atoms with Crippen molar-refractivity contribution in [3.8, 4) is 5.82 Å². The lowest BCUT2D eigenvalue weighted by Crippen LogP contribution is -2.23. The summed E-state index contributed by atoms with van der Waals surface area (Å²) >= 11 is 6.11. The van der Waals surface area contributed by atoms with Crippen LogP contribution in [0.2, 0.25) is 5.02 Å². The molecule has 0 spiro atoms. The number of hydrogen-bond acceptors (Lipinski definition) is 2. The standard InChI is InChI=1S/C14H18ClN3O/c1-9(2)5-11-7-12(15)8-18(14(11)19)13-6-10(3)17(4)16-13/h6-9H,5H2,1-4H3. The molecule has 0 radical (unpaired) electrons. The van der Waals surface area contributed by atoms with Gasteiger partial charge in [-0.2, -0.15) is 5.10 Å². The van der Waals surface area contributed by atoms with Crippen LogP contribution >= 0.6 is 11.6 Å². The molecule has 2 aromatic heterocycles. The van der Waals surface area contributed by atoms with Gasteiger partial charge in [-0.15, -0.1) is 0 Å². The molecule has 0 saturated heterocycles. The molecule has 0 aliphatic heterocycles. The van der Waals surface area contributed by atoms with Crippen LogP contribution in [-0.2, 0) is 13.5 Å². The second kappa shape index (κ2) is 5.21. The molecule has 2 rings (SSSR count). The van der Waals surface area contributed by atoms with E-state index in [1.807, 2.05) is 20.0 Å². The lowest BCUT2D eigenvalue weighted by atomic mass is 10.0. The first-order chi connectivity index (χ1) is 8.88. The summed E-state index contributed by atoms with van der Waals surface area (Å²) in [6, 6.07) is 3.62. The van der Waals surface area contributed by atoms with Gasteiger partial charge in [0.05, 0.1) is 5.02 Å². The Morgan fingerprint density at radius 1 is 1.37 bits per heavy atom. The van der Waals surface area contributed by atoms with Crippen molar-refractivity contribution >= 4 is 11.6 Å². The van der Waals surface area contributed by atoms with E-state index >= 15 is 0 Å². The molecule has 0 aromatic carbocycles. The van der Waals surface area contributed by atoms with Crippen molar-refractivity contribution in [3.05, 3.63) is 45.0 Å². The second-order valence-electron chi connectivity index (χ2n) is 5.22. The first-order valence-electron chi connectivity index (χ1n) is 6.30. The third-order valence-electron chi connectivity index (χ3n) is 3.03. The van der Waals surface area contributed by atoms with Gasteiger partial charge in [-0.1, -0.05) is 25.4 Å². The molecule has 19 heavy (non-hydrogen) atoms. The number of rotatable bonds is 3. The summed E-state index contributed by atoms with van der Waals surface area (Å²) in [6.45, 7) is 6.10. The van der Waals surface area contributed by atoms with Crippen LogP contribution in [0.15, 0.2) is 23.1 Å². The zero-order valence-corrected chi connectivity index (χ0v) is 12.4. The molecule has 0 atom stereocenters. The maximum atomic E-state index is 12.4. The molecule has 0 N–H and O–H groups in total. The van der Waals surface area contributed by atoms with Crippen LogP contribution in [0, 0.1) is 12.8 Å². The van der Waals surface area contributed by atoms with Crippen molar-refractivity contribution in [1.29, 1.82) is 0 Å². The summed E-state index contributed by atoms with van der Waals surface area (Å²) in [7, 11) is 1.85. The predicted molar refractivity (Wildman–Crippen MR) is 77.1 cm³/mol. The second-order valence-corrected chi connectivity index (χ2v) is 5.66. The average Bonchev–Trinajstić information content (AvgIpc) is 2.63. The minimum atomic E-state index is -0.0452. The largest absolute Gasteiger partial charge is 0.271 e. The lowest BCUT2D eigenvalue weighted by Gasteiger charge is -2.08. The smallest absolute Gasteiger partial charge is 0.259 e. The average molecular weight is 280 g/mol. The maximum absolute atomic E-state index is 12.4. The van der Waals surface area contributed by atoms with E-state index in [4.69, 9.17) is 11.6 Å². The van der Waals surface area contributed by atoms with E-state index in [-0.39, 0.29) is 5.56 Å². The molecule has 2 heterocycles. The van der Waals surface area contributed by atoms with Crippen LogP contribution in [0.5, 0.6) is 0 Å². The van der Waals surface area contributed by atoms with Gasteiger partial charge in [0.2, 0.25) is 0 Å². The summed E-state index contributed by atoms with van der Waals surface area (Å²) in [4.78, 5) is 12.4. The van der Waals surface area contributed by atoms with E-state index in [9.17, 15) is 4.79 Å². The Hall–Kier alpha value is -1.55. The molecular weight excluding hydrogens is 262 g/mol. The van der Waals surface area contributed by atoms with Crippen LogP contribution in [-0.4, -0.2) is 14.3 Å². The molecule has 0 bridgehead atoms. The van der Waals surface area contributed by atoms with E-state index in [1.54, 1.807) is 16.9 Å². The van der Waals surface area contributed by atoms with Gasteiger partial charge in [-0.3, -0.25) is 14.0 Å². The molecule has 0 aliphatic carbocycles. The molecule has 0 aliphatic rings. The molecule has 2 aromatic rings. The van der Waals surface area contributed by atoms with Crippen molar-refractivity contribution in [2.75, 3.05) is 0 Å². The zero-order chi connectivity index (χ0) is 14.2. The Bertz CT molecular complexity index is 636.